The zero-order valence-electron chi connectivity index (χ0n) is 13.5. The van der Waals surface area contributed by atoms with Gasteiger partial charge in [-0.25, -0.2) is 13.1 Å². The maximum atomic E-state index is 12.4. The van der Waals surface area contributed by atoms with E-state index in [1.807, 2.05) is 0 Å². The van der Waals surface area contributed by atoms with E-state index in [-0.39, 0.29) is 17.3 Å². The van der Waals surface area contributed by atoms with Crippen molar-refractivity contribution < 1.29 is 17.6 Å². The standard InChI is InChI=1S/C17H17N3O4S/c1-20-9-3-8-16(20)17(21)19-13-5-2-7-15(11-13)25(22,23)18-12-14-6-4-10-24-14/h2-11,18H,12H2,1H3,(H,19,21). The van der Waals surface area contributed by atoms with Crippen LogP contribution in [0.25, 0.3) is 0 Å². The van der Waals surface area contributed by atoms with E-state index in [1.165, 1.54) is 18.4 Å². The molecule has 1 amide bonds. The van der Waals surface area contributed by atoms with Gasteiger partial charge in [-0.3, -0.25) is 4.79 Å². The van der Waals surface area contributed by atoms with Crippen molar-refractivity contribution in [1.82, 2.24) is 9.29 Å². The monoisotopic (exact) mass is 359 g/mol. The summed E-state index contributed by atoms with van der Waals surface area (Å²) < 4.78 is 34.0. The van der Waals surface area contributed by atoms with Gasteiger partial charge in [0.15, 0.2) is 0 Å². The van der Waals surface area contributed by atoms with E-state index in [0.29, 0.717) is 17.1 Å². The normalized spacial score (nSPS) is 11.4. The van der Waals surface area contributed by atoms with Crippen molar-refractivity contribution in [2.75, 3.05) is 5.32 Å². The Morgan fingerprint density at radius 1 is 1.16 bits per heavy atom. The number of nitrogens with zero attached hydrogens (tertiary/aromatic N) is 1. The number of aryl methyl sites for hydroxylation is 1. The fourth-order valence-electron chi connectivity index (χ4n) is 2.30. The summed E-state index contributed by atoms with van der Waals surface area (Å²) >= 11 is 0. The minimum atomic E-state index is -3.72. The molecule has 0 bridgehead atoms. The van der Waals surface area contributed by atoms with Crippen LogP contribution in [-0.4, -0.2) is 18.9 Å². The Balaban J connectivity index is 1.74. The van der Waals surface area contributed by atoms with Gasteiger partial charge in [-0.2, -0.15) is 0 Å². The molecule has 130 valence electrons. The molecule has 2 N–H and O–H groups in total. The maximum Gasteiger partial charge on any atom is 0.272 e. The molecular weight excluding hydrogens is 342 g/mol. The molecule has 0 spiro atoms. The first-order valence-electron chi connectivity index (χ1n) is 7.50. The first-order chi connectivity index (χ1) is 12.0. The molecule has 0 saturated heterocycles. The van der Waals surface area contributed by atoms with Gasteiger partial charge in [-0.15, -0.1) is 0 Å². The van der Waals surface area contributed by atoms with E-state index < -0.39 is 10.0 Å². The summed E-state index contributed by atoms with van der Waals surface area (Å²) in [6.45, 7) is 0.0509. The number of rotatable bonds is 6. The minimum absolute atomic E-state index is 0.0509. The maximum absolute atomic E-state index is 12.4. The van der Waals surface area contributed by atoms with Crippen molar-refractivity contribution in [3.63, 3.8) is 0 Å². The molecule has 0 fully saturated rings. The van der Waals surface area contributed by atoms with Crippen molar-refractivity contribution in [3.05, 3.63) is 72.4 Å². The lowest BCUT2D eigenvalue weighted by molar-refractivity contribution is 0.101. The first-order valence-corrected chi connectivity index (χ1v) is 8.99. The molecule has 0 atom stereocenters. The first kappa shape index (κ1) is 17.0. The van der Waals surface area contributed by atoms with Crippen LogP contribution in [0.1, 0.15) is 16.2 Å². The number of furan rings is 1. The summed E-state index contributed by atoms with van der Waals surface area (Å²) in [5.41, 5.74) is 0.872. The van der Waals surface area contributed by atoms with Crippen LogP contribution in [0.4, 0.5) is 5.69 Å². The number of aromatic nitrogens is 1. The quantitative estimate of drug-likeness (QED) is 0.706. The second kappa shape index (κ2) is 6.96. The highest BCUT2D eigenvalue weighted by Gasteiger charge is 2.16. The minimum Gasteiger partial charge on any atom is -0.468 e. The summed E-state index contributed by atoms with van der Waals surface area (Å²) in [4.78, 5) is 12.3. The third-order valence-corrected chi connectivity index (χ3v) is 4.99. The number of hydrogen-bond donors (Lipinski definition) is 2. The molecule has 3 rings (SSSR count). The van der Waals surface area contributed by atoms with Crippen LogP contribution < -0.4 is 10.0 Å². The van der Waals surface area contributed by atoms with Crippen LogP contribution >= 0.6 is 0 Å². The van der Waals surface area contributed by atoms with Gasteiger partial charge in [0.25, 0.3) is 5.91 Å². The van der Waals surface area contributed by atoms with Crippen LogP contribution in [0.3, 0.4) is 0 Å². The van der Waals surface area contributed by atoms with Crippen LogP contribution in [0.15, 0.2) is 70.3 Å². The third-order valence-electron chi connectivity index (χ3n) is 3.60. The molecule has 0 aliphatic rings. The lowest BCUT2D eigenvalue weighted by Gasteiger charge is -2.09. The second-order valence-electron chi connectivity index (χ2n) is 5.39. The number of nitrogens with one attached hydrogen (secondary N) is 2. The van der Waals surface area contributed by atoms with Crippen LogP contribution in [0.5, 0.6) is 0 Å². The number of hydrogen-bond acceptors (Lipinski definition) is 4. The topological polar surface area (TPSA) is 93.3 Å². The van der Waals surface area contributed by atoms with Gasteiger partial charge >= 0.3 is 0 Å². The molecule has 0 aliphatic heterocycles. The fourth-order valence-corrected chi connectivity index (χ4v) is 3.33. The summed E-state index contributed by atoms with van der Waals surface area (Å²) in [6.07, 6.45) is 3.23. The Bertz CT molecular complexity index is 975. The Morgan fingerprint density at radius 3 is 2.68 bits per heavy atom. The van der Waals surface area contributed by atoms with Gasteiger partial charge in [0.05, 0.1) is 17.7 Å². The van der Waals surface area contributed by atoms with Gasteiger partial charge in [0, 0.05) is 18.9 Å². The smallest absolute Gasteiger partial charge is 0.272 e. The van der Waals surface area contributed by atoms with Gasteiger partial charge in [-0.05, 0) is 42.5 Å². The van der Waals surface area contributed by atoms with Crippen molar-refractivity contribution >= 4 is 21.6 Å². The molecule has 0 unspecified atom stereocenters. The van der Waals surface area contributed by atoms with Gasteiger partial charge in [0.2, 0.25) is 10.0 Å². The number of amides is 1. The molecule has 0 aliphatic carbocycles. The summed E-state index contributed by atoms with van der Waals surface area (Å²) in [5, 5.41) is 2.70. The highest BCUT2D eigenvalue weighted by Crippen LogP contribution is 2.17. The van der Waals surface area contributed by atoms with E-state index in [4.69, 9.17) is 4.42 Å². The molecule has 3 aromatic rings. The van der Waals surface area contributed by atoms with E-state index in [0.717, 1.165) is 0 Å². The third kappa shape index (κ3) is 3.98. The molecule has 0 saturated carbocycles. The Kier molecular flexibility index (Phi) is 4.73. The average molecular weight is 359 g/mol. The Labute approximate surface area is 145 Å². The molecule has 25 heavy (non-hydrogen) atoms. The zero-order chi connectivity index (χ0) is 17.9. The van der Waals surface area contributed by atoms with E-state index in [2.05, 4.69) is 10.0 Å². The Morgan fingerprint density at radius 2 is 2.00 bits per heavy atom. The number of sulfonamides is 1. The molecule has 7 nitrogen and oxygen atoms in total. The van der Waals surface area contributed by atoms with Crippen molar-refractivity contribution in [2.45, 2.75) is 11.4 Å². The number of benzene rings is 1. The zero-order valence-corrected chi connectivity index (χ0v) is 14.3. The van der Waals surface area contributed by atoms with E-state index >= 15 is 0 Å². The molecule has 8 heteroatoms. The molecule has 2 heterocycles. The highest BCUT2D eigenvalue weighted by atomic mass is 32.2. The van der Waals surface area contributed by atoms with Crippen molar-refractivity contribution in [2.24, 2.45) is 7.05 Å². The van der Waals surface area contributed by atoms with Crippen LogP contribution in [-0.2, 0) is 23.6 Å². The van der Waals surface area contributed by atoms with E-state index in [1.54, 1.807) is 54.2 Å². The van der Waals surface area contributed by atoms with Crippen molar-refractivity contribution in [3.8, 4) is 0 Å². The van der Waals surface area contributed by atoms with Gasteiger partial charge < -0.3 is 14.3 Å². The lowest BCUT2D eigenvalue weighted by atomic mass is 10.3. The molecule has 0 radical (unpaired) electrons. The van der Waals surface area contributed by atoms with E-state index in [9.17, 15) is 13.2 Å². The summed E-state index contributed by atoms with van der Waals surface area (Å²) in [5.74, 6) is 0.197. The predicted molar refractivity (Wildman–Crippen MR) is 92.5 cm³/mol. The molecule has 2 aromatic heterocycles. The fraction of sp³-hybridized carbons (Fsp3) is 0.118. The van der Waals surface area contributed by atoms with Gasteiger partial charge in [0.1, 0.15) is 11.5 Å². The average Bonchev–Trinajstić information content (AvgIpc) is 3.24. The van der Waals surface area contributed by atoms with Gasteiger partial charge in [-0.1, -0.05) is 6.07 Å². The largest absolute Gasteiger partial charge is 0.468 e. The lowest BCUT2D eigenvalue weighted by Crippen LogP contribution is -2.23. The second-order valence-corrected chi connectivity index (χ2v) is 7.16. The summed E-state index contributed by atoms with van der Waals surface area (Å²) in [7, 11) is -1.96. The number of carbonyl (C=O) groups excluding carboxylic acids is 1. The Hall–Kier alpha value is -2.84. The highest BCUT2D eigenvalue weighted by molar-refractivity contribution is 7.89. The predicted octanol–water partition coefficient (Wildman–Crippen LogP) is 2.35. The molecular formula is C17H17N3O4S. The van der Waals surface area contributed by atoms with Crippen LogP contribution in [0, 0.1) is 0 Å². The molecule has 1 aromatic carbocycles. The number of carbonyl (C=O) groups is 1. The van der Waals surface area contributed by atoms with Crippen LogP contribution in [0.2, 0.25) is 0 Å². The SMILES string of the molecule is Cn1cccc1C(=O)Nc1cccc(S(=O)(=O)NCc2ccco2)c1. The summed E-state index contributed by atoms with van der Waals surface area (Å²) in [6, 6.07) is 12.9. The number of anilines is 1. The van der Waals surface area contributed by atoms with Crippen molar-refractivity contribution in [1.29, 1.82) is 0 Å².